The van der Waals surface area contributed by atoms with E-state index in [4.69, 9.17) is 11.6 Å². The molecular formula is C17H15ClN2O3S2. The molecule has 0 atom stereocenters. The molecule has 0 saturated heterocycles. The monoisotopic (exact) mass is 394 g/mol. The van der Waals surface area contributed by atoms with Gasteiger partial charge in [-0.3, -0.25) is 10.1 Å². The van der Waals surface area contributed by atoms with Gasteiger partial charge in [-0.05, 0) is 56.3 Å². The maximum atomic E-state index is 12.3. The number of carbonyl (C=O) groups excluding carboxylic acids is 1. The number of fused-ring (bicyclic) bond motifs is 1. The lowest BCUT2D eigenvalue weighted by atomic mass is 10.2. The van der Waals surface area contributed by atoms with Crippen molar-refractivity contribution in [3.63, 3.8) is 0 Å². The van der Waals surface area contributed by atoms with Gasteiger partial charge in [0, 0.05) is 10.6 Å². The number of benzene rings is 2. The van der Waals surface area contributed by atoms with Gasteiger partial charge in [-0.1, -0.05) is 22.9 Å². The Balaban J connectivity index is 1.81. The lowest BCUT2D eigenvalue weighted by Crippen LogP contribution is -2.15. The Bertz CT molecular complexity index is 1040. The van der Waals surface area contributed by atoms with Crippen molar-refractivity contribution in [3.8, 4) is 0 Å². The molecule has 1 heterocycles. The molecule has 25 heavy (non-hydrogen) atoms. The second kappa shape index (κ2) is 6.74. The van der Waals surface area contributed by atoms with E-state index in [1.165, 1.54) is 35.6 Å². The van der Waals surface area contributed by atoms with Crippen molar-refractivity contribution in [2.45, 2.75) is 24.0 Å². The van der Waals surface area contributed by atoms with Gasteiger partial charge in [0.15, 0.2) is 15.0 Å². The minimum absolute atomic E-state index is 0.202. The van der Waals surface area contributed by atoms with E-state index in [9.17, 15) is 13.2 Å². The zero-order chi connectivity index (χ0) is 18.2. The second-order valence-corrected chi connectivity index (χ2v) is 9.67. The Hall–Kier alpha value is -1.96. The van der Waals surface area contributed by atoms with Gasteiger partial charge in [0.25, 0.3) is 5.91 Å². The number of amides is 1. The maximum Gasteiger partial charge on any atom is 0.257 e. The molecule has 1 N–H and O–H groups in total. The fourth-order valence-corrected chi connectivity index (χ4v) is 4.39. The number of sulfone groups is 1. The van der Waals surface area contributed by atoms with Crippen LogP contribution in [-0.2, 0) is 9.84 Å². The summed E-state index contributed by atoms with van der Waals surface area (Å²) in [6.07, 6.45) is 0. The average Bonchev–Trinajstić information content (AvgIpc) is 2.96. The molecule has 1 amide bonds. The van der Waals surface area contributed by atoms with Crippen molar-refractivity contribution in [2.75, 3.05) is 5.32 Å². The van der Waals surface area contributed by atoms with Crippen LogP contribution in [0, 0.1) is 0 Å². The third kappa shape index (κ3) is 3.68. The predicted octanol–water partition coefficient (Wildman–Crippen LogP) is 4.38. The van der Waals surface area contributed by atoms with Crippen molar-refractivity contribution in [3.05, 3.63) is 53.1 Å². The standard InChI is InChI=1S/C17H15ClN2O3S2/c1-10(2)25(22,23)13-6-3-11(4-7-13)16(21)20-17-19-14-8-5-12(18)9-15(14)24-17/h3-10H,1-2H3,(H,19,20,21). The summed E-state index contributed by atoms with van der Waals surface area (Å²) in [6.45, 7) is 3.24. The Morgan fingerprint density at radius 2 is 1.84 bits per heavy atom. The van der Waals surface area contributed by atoms with Crippen LogP contribution in [0.2, 0.25) is 5.02 Å². The second-order valence-electron chi connectivity index (χ2n) is 5.70. The van der Waals surface area contributed by atoms with Gasteiger partial charge in [0.1, 0.15) is 0 Å². The number of anilines is 1. The largest absolute Gasteiger partial charge is 0.298 e. The summed E-state index contributed by atoms with van der Waals surface area (Å²) < 4.78 is 25.1. The molecule has 0 aliphatic carbocycles. The summed E-state index contributed by atoms with van der Waals surface area (Å²) in [5, 5.41) is 3.28. The molecule has 0 fully saturated rings. The number of nitrogens with zero attached hydrogens (tertiary/aromatic N) is 1. The van der Waals surface area contributed by atoms with Crippen molar-refractivity contribution in [1.82, 2.24) is 4.98 Å². The molecule has 0 saturated carbocycles. The van der Waals surface area contributed by atoms with Gasteiger partial charge < -0.3 is 0 Å². The van der Waals surface area contributed by atoms with Crippen LogP contribution in [-0.4, -0.2) is 24.6 Å². The summed E-state index contributed by atoms with van der Waals surface area (Å²) in [4.78, 5) is 16.9. The normalized spacial score (nSPS) is 11.8. The van der Waals surface area contributed by atoms with E-state index in [0.29, 0.717) is 15.7 Å². The van der Waals surface area contributed by atoms with E-state index >= 15 is 0 Å². The Morgan fingerprint density at radius 1 is 1.16 bits per heavy atom. The Morgan fingerprint density at radius 3 is 2.48 bits per heavy atom. The zero-order valence-electron chi connectivity index (χ0n) is 13.5. The van der Waals surface area contributed by atoms with E-state index in [2.05, 4.69) is 10.3 Å². The van der Waals surface area contributed by atoms with Crippen molar-refractivity contribution >= 4 is 54.0 Å². The SMILES string of the molecule is CC(C)S(=O)(=O)c1ccc(C(=O)Nc2nc3ccc(Cl)cc3s2)cc1. The molecule has 0 bridgehead atoms. The molecule has 1 aromatic heterocycles. The highest BCUT2D eigenvalue weighted by atomic mass is 35.5. The topological polar surface area (TPSA) is 76.1 Å². The minimum atomic E-state index is -3.35. The molecule has 0 aliphatic heterocycles. The smallest absolute Gasteiger partial charge is 0.257 e. The first-order chi connectivity index (χ1) is 11.8. The molecule has 3 rings (SSSR count). The number of rotatable bonds is 4. The number of hydrogen-bond acceptors (Lipinski definition) is 5. The van der Waals surface area contributed by atoms with Gasteiger partial charge in [0.05, 0.1) is 20.4 Å². The number of aromatic nitrogens is 1. The molecule has 5 nitrogen and oxygen atoms in total. The molecule has 0 radical (unpaired) electrons. The third-order valence-corrected chi connectivity index (χ3v) is 6.98. The highest BCUT2D eigenvalue weighted by Gasteiger charge is 2.19. The van der Waals surface area contributed by atoms with Gasteiger partial charge >= 0.3 is 0 Å². The van der Waals surface area contributed by atoms with E-state index in [-0.39, 0.29) is 10.8 Å². The van der Waals surface area contributed by atoms with Crippen LogP contribution in [0.15, 0.2) is 47.4 Å². The molecule has 130 valence electrons. The Kier molecular flexibility index (Phi) is 4.81. The number of hydrogen-bond donors (Lipinski definition) is 1. The van der Waals surface area contributed by atoms with Crippen LogP contribution in [0.5, 0.6) is 0 Å². The predicted molar refractivity (Wildman–Crippen MR) is 101 cm³/mol. The molecule has 0 unspecified atom stereocenters. The summed E-state index contributed by atoms with van der Waals surface area (Å²) in [5.41, 5.74) is 1.11. The fourth-order valence-electron chi connectivity index (χ4n) is 2.19. The fraction of sp³-hybridized carbons (Fsp3) is 0.176. The van der Waals surface area contributed by atoms with E-state index in [0.717, 1.165) is 10.2 Å². The van der Waals surface area contributed by atoms with E-state index in [1.54, 1.807) is 32.0 Å². The van der Waals surface area contributed by atoms with Crippen molar-refractivity contribution in [1.29, 1.82) is 0 Å². The highest BCUT2D eigenvalue weighted by Crippen LogP contribution is 2.28. The molecular weight excluding hydrogens is 380 g/mol. The third-order valence-electron chi connectivity index (χ3n) is 3.64. The van der Waals surface area contributed by atoms with Crippen molar-refractivity contribution < 1.29 is 13.2 Å². The Labute approximate surface area is 154 Å². The van der Waals surface area contributed by atoms with Gasteiger partial charge in [-0.15, -0.1) is 0 Å². The first-order valence-corrected chi connectivity index (χ1v) is 10.2. The van der Waals surface area contributed by atoms with E-state index in [1.807, 2.05) is 0 Å². The van der Waals surface area contributed by atoms with Gasteiger partial charge in [-0.25, -0.2) is 13.4 Å². The molecule has 0 aliphatic rings. The van der Waals surface area contributed by atoms with E-state index < -0.39 is 15.1 Å². The highest BCUT2D eigenvalue weighted by molar-refractivity contribution is 7.92. The van der Waals surface area contributed by atoms with Crippen LogP contribution in [0.4, 0.5) is 5.13 Å². The van der Waals surface area contributed by atoms with Crippen LogP contribution in [0.1, 0.15) is 24.2 Å². The maximum absolute atomic E-state index is 12.3. The number of carbonyl (C=O) groups is 1. The van der Waals surface area contributed by atoms with Crippen LogP contribution in [0.25, 0.3) is 10.2 Å². The van der Waals surface area contributed by atoms with Crippen molar-refractivity contribution in [2.24, 2.45) is 0 Å². The minimum Gasteiger partial charge on any atom is -0.298 e. The molecule has 2 aromatic carbocycles. The van der Waals surface area contributed by atoms with Crippen LogP contribution in [0.3, 0.4) is 0 Å². The summed E-state index contributed by atoms with van der Waals surface area (Å²) in [6, 6.07) is 11.2. The zero-order valence-corrected chi connectivity index (χ0v) is 15.9. The lowest BCUT2D eigenvalue weighted by molar-refractivity contribution is 0.102. The molecule has 0 spiro atoms. The molecule has 3 aromatic rings. The molecule has 8 heteroatoms. The number of nitrogens with one attached hydrogen (secondary N) is 1. The quantitative estimate of drug-likeness (QED) is 0.712. The number of halogens is 1. The van der Waals surface area contributed by atoms with Gasteiger partial charge in [0.2, 0.25) is 0 Å². The first-order valence-electron chi connectivity index (χ1n) is 7.49. The summed E-state index contributed by atoms with van der Waals surface area (Å²) in [7, 11) is -3.35. The summed E-state index contributed by atoms with van der Waals surface area (Å²) >= 11 is 7.27. The van der Waals surface area contributed by atoms with Crippen LogP contribution >= 0.6 is 22.9 Å². The van der Waals surface area contributed by atoms with Crippen LogP contribution < -0.4 is 5.32 Å². The lowest BCUT2D eigenvalue weighted by Gasteiger charge is -2.08. The number of thiazole rings is 1. The average molecular weight is 395 g/mol. The van der Waals surface area contributed by atoms with Gasteiger partial charge in [-0.2, -0.15) is 0 Å². The summed E-state index contributed by atoms with van der Waals surface area (Å²) in [5.74, 6) is -0.348. The first kappa shape index (κ1) is 17.8.